The lowest BCUT2D eigenvalue weighted by molar-refractivity contribution is -0.140. The average molecular weight is 377 g/mol. The number of benzene rings is 1. The summed E-state index contributed by atoms with van der Waals surface area (Å²) >= 11 is 0. The fourth-order valence-electron chi connectivity index (χ4n) is 2.55. The molecule has 1 aliphatic rings. The van der Waals surface area contributed by atoms with Gasteiger partial charge in [0.15, 0.2) is 0 Å². The first-order chi connectivity index (χ1) is 10.2. The largest absolute Gasteiger partial charge is 0.419 e. The van der Waals surface area contributed by atoms with Crippen molar-refractivity contribution >= 4 is 22.4 Å². The fraction of sp³-hybridized carbons (Fsp3) is 0.538. The molecule has 1 aromatic carbocycles. The minimum absolute atomic E-state index is 0. The van der Waals surface area contributed by atoms with Crippen LogP contribution in [-0.4, -0.2) is 31.9 Å². The summed E-state index contributed by atoms with van der Waals surface area (Å²) in [5.74, 6) is -1.60. The quantitative estimate of drug-likeness (QED) is 0.825. The van der Waals surface area contributed by atoms with Crippen LogP contribution >= 0.6 is 12.4 Å². The van der Waals surface area contributed by atoms with Crippen molar-refractivity contribution in [2.75, 3.05) is 13.1 Å². The molecule has 2 rings (SSSR count). The Morgan fingerprint density at radius 1 is 1.26 bits per heavy atom. The Morgan fingerprint density at radius 2 is 1.91 bits per heavy atom. The van der Waals surface area contributed by atoms with Gasteiger partial charge in [-0.15, -0.1) is 12.4 Å². The second kappa shape index (κ2) is 7.33. The summed E-state index contributed by atoms with van der Waals surface area (Å²) in [6, 6.07) is 1.23. The Morgan fingerprint density at radius 3 is 2.43 bits per heavy atom. The zero-order valence-corrected chi connectivity index (χ0v) is 13.6. The van der Waals surface area contributed by atoms with E-state index in [9.17, 15) is 26.0 Å². The average Bonchev–Trinajstić information content (AvgIpc) is 2.45. The van der Waals surface area contributed by atoms with Crippen molar-refractivity contribution in [2.24, 2.45) is 5.73 Å². The second-order valence-corrected chi connectivity index (χ2v) is 7.03. The van der Waals surface area contributed by atoms with Crippen LogP contribution in [0.4, 0.5) is 17.6 Å². The van der Waals surface area contributed by atoms with E-state index in [2.05, 4.69) is 0 Å². The van der Waals surface area contributed by atoms with E-state index >= 15 is 0 Å². The minimum Gasteiger partial charge on any atom is -0.329 e. The number of piperidine rings is 1. The lowest BCUT2D eigenvalue weighted by Crippen LogP contribution is -2.47. The first-order valence-corrected chi connectivity index (χ1v) is 8.20. The van der Waals surface area contributed by atoms with E-state index in [1.807, 2.05) is 0 Å². The molecule has 1 aliphatic heterocycles. The van der Waals surface area contributed by atoms with Crippen LogP contribution in [0.5, 0.6) is 0 Å². The van der Waals surface area contributed by atoms with E-state index in [4.69, 9.17) is 5.73 Å². The molecule has 1 saturated heterocycles. The molecule has 10 heteroatoms. The molecule has 1 fully saturated rings. The highest BCUT2D eigenvalue weighted by Gasteiger charge is 2.37. The lowest BCUT2D eigenvalue weighted by Gasteiger charge is -2.33. The van der Waals surface area contributed by atoms with Crippen molar-refractivity contribution in [3.05, 3.63) is 29.6 Å². The summed E-state index contributed by atoms with van der Waals surface area (Å²) in [7, 11) is -4.06. The third-order valence-corrected chi connectivity index (χ3v) is 5.65. The van der Waals surface area contributed by atoms with E-state index in [-0.39, 0.29) is 25.5 Å². The normalized spacial score (nSPS) is 20.1. The topological polar surface area (TPSA) is 63.4 Å². The summed E-state index contributed by atoms with van der Waals surface area (Å²) in [4.78, 5) is -0.488. The van der Waals surface area contributed by atoms with Gasteiger partial charge in [0.2, 0.25) is 10.0 Å². The zero-order chi connectivity index (χ0) is 16.5. The van der Waals surface area contributed by atoms with Gasteiger partial charge >= 0.3 is 6.18 Å². The third kappa shape index (κ3) is 4.14. The van der Waals surface area contributed by atoms with Crippen LogP contribution in [0.2, 0.25) is 0 Å². The zero-order valence-electron chi connectivity index (χ0n) is 12.0. The van der Waals surface area contributed by atoms with Crippen molar-refractivity contribution in [1.29, 1.82) is 0 Å². The van der Waals surface area contributed by atoms with Crippen LogP contribution < -0.4 is 5.73 Å². The van der Waals surface area contributed by atoms with Crippen LogP contribution in [0.3, 0.4) is 0 Å². The van der Waals surface area contributed by atoms with Gasteiger partial charge in [-0.25, -0.2) is 12.8 Å². The molecule has 1 unspecified atom stereocenters. The highest BCUT2D eigenvalue weighted by Crippen LogP contribution is 2.33. The van der Waals surface area contributed by atoms with Crippen LogP contribution in [0.25, 0.3) is 0 Å². The molecule has 132 valence electrons. The SMILES string of the molecule is Cl.NCC1CCCCN1S(=O)(=O)c1ccc(C(F)(F)F)c(F)c1. The molecule has 0 radical (unpaired) electrons. The summed E-state index contributed by atoms with van der Waals surface area (Å²) in [6.07, 6.45) is -2.82. The Labute approximate surface area is 138 Å². The van der Waals surface area contributed by atoms with Crippen molar-refractivity contribution in [2.45, 2.75) is 36.4 Å². The molecule has 0 spiro atoms. The molecule has 1 atom stereocenters. The van der Waals surface area contributed by atoms with Crippen molar-refractivity contribution in [1.82, 2.24) is 4.31 Å². The number of hydrogen-bond donors (Lipinski definition) is 1. The highest BCUT2D eigenvalue weighted by atomic mass is 35.5. The maximum absolute atomic E-state index is 13.6. The molecule has 0 bridgehead atoms. The van der Waals surface area contributed by atoms with Crippen LogP contribution in [-0.2, 0) is 16.2 Å². The molecule has 2 N–H and O–H groups in total. The number of halogens is 5. The van der Waals surface area contributed by atoms with Gasteiger partial charge in [0.25, 0.3) is 0 Å². The molecule has 1 aromatic rings. The molecule has 0 aromatic heterocycles. The van der Waals surface area contributed by atoms with Gasteiger partial charge in [-0.1, -0.05) is 6.42 Å². The minimum atomic E-state index is -4.86. The molecular formula is C13H17ClF4N2O2S. The van der Waals surface area contributed by atoms with Gasteiger partial charge in [0, 0.05) is 19.1 Å². The molecule has 0 saturated carbocycles. The van der Waals surface area contributed by atoms with Crippen molar-refractivity contribution < 1.29 is 26.0 Å². The smallest absolute Gasteiger partial charge is 0.329 e. The summed E-state index contributed by atoms with van der Waals surface area (Å²) < 4.78 is 77.3. The molecule has 1 heterocycles. The van der Waals surface area contributed by atoms with Crippen LogP contribution in [0.15, 0.2) is 23.1 Å². The second-order valence-electron chi connectivity index (χ2n) is 5.14. The van der Waals surface area contributed by atoms with E-state index in [0.717, 1.165) is 16.8 Å². The summed E-state index contributed by atoms with van der Waals surface area (Å²) in [5.41, 5.74) is 4.06. The molecule has 0 aliphatic carbocycles. The number of alkyl halides is 3. The number of sulfonamides is 1. The lowest BCUT2D eigenvalue weighted by atomic mass is 10.1. The van der Waals surface area contributed by atoms with Crippen molar-refractivity contribution in [3.8, 4) is 0 Å². The first kappa shape index (κ1) is 20.1. The Balaban J connectivity index is 0.00000264. The predicted molar refractivity (Wildman–Crippen MR) is 79.2 cm³/mol. The third-order valence-electron chi connectivity index (χ3n) is 3.70. The Hall–Kier alpha value is -0.900. The Bertz CT molecular complexity index is 652. The molecule has 4 nitrogen and oxygen atoms in total. The van der Waals surface area contributed by atoms with Gasteiger partial charge in [-0.2, -0.15) is 17.5 Å². The fourth-order valence-corrected chi connectivity index (χ4v) is 4.26. The van der Waals surface area contributed by atoms with Gasteiger partial charge in [0.05, 0.1) is 10.5 Å². The number of hydrogen-bond acceptors (Lipinski definition) is 3. The van der Waals surface area contributed by atoms with Gasteiger partial charge < -0.3 is 5.73 Å². The number of nitrogens with two attached hydrogens (primary N) is 1. The Kier molecular flexibility index (Phi) is 6.42. The maximum Gasteiger partial charge on any atom is 0.419 e. The van der Waals surface area contributed by atoms with E-state index in [1.54, 1.807) is 0 Å². The maximum atomic E-state index is 13.6. The van der Waals surface area contributed by atoms with Gasteiger partial charge in [-0.05, 0) is 31.0 Å². The number of rotatable bonds is 3. The highest BCUT2D eigenvalue weighted by molar-refractivity contribution is 7.89. The van der Waals surface area contributed by atoms with Crippen LogP contribution in [0, 0.1) is 5.82 Å². The van der Waals surface area contributed by atoms with Crippen molar-refractivity contribution in [3.63, 3.8) is 0 Å². The molecular weight excluding hydrogens is 360 g/mol. The van der Waals surface area contributed by atoms with Gasteiger partial charge in [-0.3, -0.25) is 0 Å². The summed E-state index contributed by atoms with van der Waals surface area (Å²) in [5, 5.41) is 0. The summed E-state index contributed by atoms with van der Waals surface area (Å²) in [6.45, 7) is 0.342. The van der Waals surface area contributed by atoms with Gasteiger partial charge in [0.1, 0.15) is 5.82 Å². The van der Waals surface area contributed by atoms with E-state index in [0.29, 0.717) is 25.0 Å². The monoisotopic (exact) mass is 376 g/mol. The van der Waals surface area contributed by atoms with E-state index in [1.165, 1.54) is 0 Å². The predicted octanol–water partition coefficient (Wildman–Crippen LogP) is 2.77. The molecule has 23 heavy (non-hydrogen) atoms. The first-order valence-electron chi connectivity index (χ1n) is 6.76. The number of nitrogens with zero attached hydrogens (tertiary/aromatic N) is 1. The standard InChI is InChI=1S/C13H16F4N2O2S.ClH/c14-12-7-10(4-5-11(12)13(15,16)17)22(20,21)19-6-2-1-3-9(19)8-18;/h4-5,7,9H,1-3,6,8,18H2;1H. The van der Waals surface area contributed by atoms with Crippen LogP contribution in [0.1, 0.15) is 24.8 Å². The molecule has 0 amide bonds. The van der Waals surface area contributed by atoms with E-state index < -0.39 is 38.5 Å².